The molecule has 0 saturated carbocycles. The van der Waals surface area contributed by atoms with Gasteiger partial charge in [0, 0.05) is 38.6 Å². The van der Waals surface area contributed by atoms with Crippen molar-refractivity contribution in [2.45, 2.75) is 25.1 Å². The standard InChI is InChI=1S/C24H23F3N2.ClH/c25-24(26,27)11-10-21(29-14-12-28-13-15-29)19-8-6-18-5-4-16-2-1-3-17-7-9-20(19)23(18)22(16)17;/h1-9,21,28H,10-15H2;1H/t21-;/m1./s1. The number of nitrogens with one attached hydrogen (secondary N) is 1. The van der Waals surface area contributed by atoms with E-state index >= 15 is 0 Å². The highest BCUT2D eigenvalue weighted by Gasteiger charge is 2.32. The molecule has 1 atom stereocenters. The summed E-state index contributed by atoms with van der Waals surface area (Å²) in [5.74, 6) is 0. The van der Waals surface area contributed by atoms with Crippen LogP contribution in [0.5, 0.6) is 0 Å². The first-order valence-corrected chi connectivity index (χ1v) is 10.2. The molecule has 0 aliphatic carbocycles. The molecule has 30 heavy (non-hydrogen) atoms. The van der Waals surface area contributed by atoms with Crippen LogP contribution in [-0.4, -0.2) is 37.3 Å². The van der Waals surface area contributed by atoms with Gasteiger partial charge in [-0.1, -0.05) is 54.6 Å². The highest BCUT2D eigenvalue weighted by molar-refractivity contribution is 6.23. The molecule has 0 unspecified atom stereocenters. The fourth-order valence-corrected chi connectivity index (χ4v) is 4.88. The molecule has 0 spiro atoms. The van der Waals surface area contributed by atoms with E-state index in [4.69, 9.17) is 0 Å². The van der Waals surface area contributed by atoms with E-state index in [9.17, 15) is 13.2 Å². The quantitative estimate of drug-likeness (QED) is 0.381. The predicted molar refractivity (Wildman–Crippen MR) is 120 cm³/mol. The maximum absolute atomic E-state index is 13.1. The summed E-state index contributed by atoms with van der Waals surface area (Å²) in [6.07, 6.45) is -4.81. The van der Waals surface area contributed by atoms with Crippen LogP contribution < -0.4 is 5.32 Å². The molecule has 1 N–H and O–H groups in total. The molecule has 0 amide bonds. The van der Waals surface area contributed by atoms with Crippen LogP contribution in [0.3, 0.4) is 0 Å². The molecule has 0 radical (unpaired) electrons. The Kier molecular flexibility index (Phi) is 5.80. The smallest absolute Gasteiger partial charge is 0.314 e. The van der Waals surface area contributed by atoms with Crippen molar-refractivity contribution in [1.82, 2.24) is 10.2 Å². The lowest BCUT2D eigenvalue weighted by Crippen LogP contribution is -2.45. The highest BCUT2D eigenvalue weighted by Crippen LogP contribution is 2.40. The molecule has 4 aromatic carbocycles. The predicted octanol–water partition coefficient (Wildman–Crippen LogP) is 6.29. The lowest BCUT2D eigenvalue weighted by atomic mass is 9.88. The van der Waals surface area contributed by atoms with Gasteiger partial charge in [-0.2, -0.15) is 13.2 Å². The van der Waals surface area contributed by atoms with Crippen LogP contribution in [0.25, 0.3) is 32.3 Å². The number of hydrogen-bond acceptors (Lipinski definition) is 2. The summed E-state index contributed by atoms with van der Waals surface area (Å²) in [7, 11) is 0. The molecule has 6 heteroatoms. The zero-order valence-electron chi connectivity index (χ0n) is 16.5. The molecular formula is C24H24ClF3N2. The average Bonchev–Trinajstić information content (AvgIpc) is 2.73. The summed E-state index contributed by atoms with van der Waals surface area (Å²) in [5.41, 5.74) is 1.02. The van der Waals surface area contributed by atoms with Crippen molar-refractivity contribution in [1.29, 1.82) is 0 Å². The first kappa shape index (κ1) is 21.2. The number of hydrogen-bond donors (Lipinski definition) is 1. The summed E-state index contributed by atoms with van der Waals surface area (Å²) in [6.45, 7) is 3.16. The Hall–Kier alpha value is -2.08. The van der Waals surface area contributed by atoms with Crippen molar-refractivity contribution >= 4 is 44.7 Å². The lowest BCUT2D eigenvalue weighted by molar-refractivity contribution is -0.138. The fraction of sp³-hybridized carbons (Fsp3) is 0.333. The maximum atomic E-state index is 13.1. The second-order valence-electron chi connectivity index (χ2n) is 7.97. The second-order valence-corrected chi connectivity index (χ2v) is 7.97. The first-order valence-electron chi connectivity index (χ1n) is 10.2. The van der Waals surface area contributed by atoms with Crippen molar-refractivity contribution in [3.63, 3.8) is 0 Å². The zero-order chi connectivity index (χ0) is 20.0. The maximum Gasteiger partial charge on any atom is 0.389 e. The van der Waals surface area contributed by atoms with Crippen LogP contribution in [0.1, 0.15) is 24.4 Å². The van der Waals surface area contributed by atoms with Gasteiger partial charge in [-0.25, -0.2) is 0 Å². The fourth-order valence-electron chi connectivity index (χ4n) is 4.88. The monoisotopic (exact) mass is 432 g/mol. The van der Waals surface area contributed by atoms with Gasteiger partial charge in [0.15, 0.2) is 0 Å². The molecule has 1 aliphatic heterocycles. The van der Waals surface area contributed by atoms with Crippen molar-refractivity contribution in [2.75, 3.05) is 26.2 Å². The van der Waals surface area contributed by atoms with Gasteiger partial charge in [0.1, 0.15) is 0 Å². The molecule has 4 aromatic rings. The van der Waals surface area contributed by atoms with Gasteiger partial charge in [-0.05, 0) is 44.3 Å². The van der Waals surface area contributed by atoms with E-state index in [0.29, 0.717) is 0 Å². The highest BCUT2D eigenvalue weighted by atomic mass is 35.5. The van der Waals surface area contributed by atoms with E-state index < -0.39 is 12.6 Å². The van der Waals surface area contributed by atoms with E-state index in [1.165, 1.54) is 21.5 Å². The van der Waals surface area contributed by atoms with Crippen LogP contribution in [-0.2, 0) is 0 Å². The average molecular weight is 433 g/mol. The van der Waals surface area contributed by atoms with Crippen molar-refractivity contribution in [3.8, 4) is 0 Å². The number of nitrogens with zero attached hydrogens (tertiary/aromatic N) is 1. The Morgan fingerprint density at radius 1 is 0.833 bits per heavy atom. The molecule has 2 nitrogen and oxygen atoms in total. The van der Waals surface area contributed by atoms with Crippen LogP contribution >= 0.6 is 12.4 Å². The minimum Gasteiger partial charge on any atom is -0.314 e. The Balaban J connectivity index is 0.00000218. The van der Waals surface area contributed by atoms with Gasteiger partial charge in [0.05, 0.1) is 0 Å². The van der Waals surface area contributed by atoms with Crippen molar-refractivity contribution < 1.29 is 13.2 Å². The molecular weight excluding hydrogens is 409 g/mol. The Bertz CT molecular complexity index is 1140. The molecule has 0 bridgehead atoms. The molecule has 5 rings (SSSR count). The topological polar surface area (TPSA) is 15.3 Å². The first-order chi connectivity index (χ1) is 14.0. The SMILES string of the molecule is Cl.FC(F)(F)CC[C@H](c1ccc2ccc3cccc4ccc1c2c34)N1CCNCC1. The normalized spacial score (nSPS) is 16.9. The number of halogens is 4. The van der Waals surface area contributed by atoms with Crippen LogP contribution in [0.15, 0.2) is 54.6 Å². The summed E-state index contributed by atoms with van der Waals surface area (Å²) in [5, 5.41) is 10.3. The van der Waals surface area contributed by atoms with Gasteiger partial charge in [-0.15, -0.1) is 12.4 Å². The molecule has 158 valence electrons. The number of benzene rings is 4. The summed E-state index contributed by atoms with van der Waals surface area (Å²) in [6, 6.07) is 18.6. The second kappa shape index (κ2) is 8.22. The summed E-state index contributed by atoms with van der Waals surface area (Å²) < 4.78 is 39.3. The zero-order valence-corrected chi connectivity index (χ0v) is 17.3. The van der Waals surface area contributed by atoms with E-state index in [2.05, 4.69) is 58.7 Å². The summed E-state index contributed by atoms with van der Waals surface area (Å²) in [4.78, 5) is 2.22. The largest absolute Gasteiger partial charge is 0.389 e. The number of rotatable bonds is 4. The molecule has 1 fully saturated rings. The lowest BCUT2D eigenvalue weighted by Gasteiger charge is -2.36. The van der Waals surface area contributed by atoms with E-state index in [0.717, 1.165) is 42.5 Å². The molecule has 1 aliphatic rings. The molecule has 0 aromatic heterocycles. The third kappa shape index (κ3) is 3.82. The molecule has 1 saturated heterocycles. The van der Waals surface area contributed by atoms with Crippen LogP contribution in [0.2, 0.25) is 0 Å². The van der Waals surface area contributed by atoms with Gasteiger partial charge in [0.25, 0.3) is 0 Å². The van der Waals surface area contributed by atoms with Crippen molar-refractivity contribution in [3.05, 3.63) is 60.2 Å². The molecule has 1 heterocycles. The van der Waals surface area contributed by atoms with Gasteiger partial charge in [-0.3, -0.25) is 4.90 Å². The van der Waals surface area contributed by atoms with Gasteiger partial charge < -0.3 is 5.32 Å². The van der Waals surface area contributed by atoms with Gasteiger partial charge in [0.2, 0.25) is 0 Å². The van der Waals surface area contributed by atoms with E-state index in [1.54, 1.807) is 0 Å². The minimum absolute atomic E-state index is 0. The Morgan fingerprint density at radius 2 is 1.43 bits per heavy atom. The minimum atomic E-state index is -4.14. The van der Waals surface area contributed by atoms with Gasteiger partial charge >= 0.3 is 6.18 Å². The van der Waals surface area contributed by atoms with Crippen LogP contribution in [0.4, 0.5) is 13.2 Å². The Morgan fingerprint density at radius 3 is 2.10 bits per heavy atom. The van der Waals surface area contributed by atoms with Crippen molar-refractivity contribution in [2.24, 2.45) is 0 Å². The third-order valence-corrected chi connectivity index (χ3v) is 6.21. The number of alkyl halides is 3. The van der Waals surface area contributed by atoms with E-state index in [1.807, 2.05) is 6.07 Å². The summed E-state index contributed by atoms with van der Waals surface area (Å²) >= 11 is 0. The van der Waals surface area contributed by atoms with Crippen LogP contribution in [0, 0.1) is 0 Å². The van der Waals surface area contributed by atoms with E-state index in [-0.39, 0.29) is 24.9 Å². The number of piperazine rings is 1. The Labute approximate surface area is 179 Å². The third-order valence-electron chi connectivity index (χ3n) is 6.21.